The molecule has 2 aromatic rings. The molecule has 0 aliphatic heterocycles. The minimum atomic E-state index is -0.813. The van der Waals surface area contributed by atoms with Gasteiger partial charge in [-0.1, -0.05) is 44.2 Å². The third kappa shape index (κ3) is 3.43. The molecule has 0 amide bonds. The van der Waals surface area contributed by atoms with Crippen molar-refractivity contribution in [3.05, 3.63) is 51.5 Å². The van der Waals surface area contributed by atoms with Gasteiger partial charge in [-0.25, -0.2) is 4.98 Å². The maximum atomic E-state index is 10.3. The third-order valence-electron chi connectivity index (χ3n) is 3.00. The first-order valence-corrected chi connectivity index (χ1v) is 7.46. The van der Waals surface area contributed by atoms with E-state index in [4.69, 9.17) is 4.98 Å². The van der Waals surface area contributed by atoms with Crippen LogP contribution in [0.3, 0.4) is 0 Å². The Morgan fingerprint density at radius 2 is 1.84 bits per heavy atom. The molecule has 19 heavy (non-hydrogen) atoms. The van der Waals surface area contributed by atoms with Crippen LogP contribution in [0.4, 0.5) is 0 Å². The Labute approximate surface area is 119 Å². The zero-order valence-corrected chi connectivity index (χ0v) is 12.8. The summed E-state index contributed by atoms with van der Waals surface area (Å²) in [7, 11) is 0. The first-order valence-electron chi connectivity index (χ1n) is 6.64. The summed E-state index contributed by atoms with van der Waals surface area (Å²) < 4.78 is 0. The number of rotatable bonds is 4. The summed E-state index contributed by atoms with van der Waals surface area (Å²) >= 11 is 1.63. The second-order valence-corrected chi connectivity index (χ2v) is 6.78. The second kappa shape index (κ2) is 5.43. The molecule has 3 heteroatoms. The molecular weight excluding hydrogens is 254 g/mol. The number of hydrogen-bond donors (Lipinski definition) is 1. The minimum absolute atomic E-state index is 0.335. The highest BCUT2D eigenvalue weighted by Crippen LogP contribution is 2.34. The molecule has 0 bridgehead atoms. The van der Waals surface area contributed by atoms with Crippen molar-refractivity contribution in [2.45, 2.75) is 45.6 Å². The number of aliphatic hydroxyl groups is 1. The molecule has 0 atom stereocenters. The van der Waals surface area contributed by atoms with Crippen molar-refractivity contribution < 1.29 is 5.11 Å². The van der Waals surface area contributed by atoms with Gasteiger partial charge in [-0.05, 0) is 25.3 Å². The Balaban J connectivity index is 2.33. The molecule has 1 aromatic heterocycles. The van der Waals surface area contributed by atoms with Gasteiger partial charge >= 0.3 is 0 Å². The summed E-state index contributed by atoms with van der Waals surface area (Å²) in [5.41, 5.74) is 1.48. The summed E-state index contributed by atoms with van der Waals surface area (Å²) in [5.74, 6) is 0.335. The molecule has 0 fully saturated rings. The Morgan fingerprint density at radius 1 is 1.21 bits per heavy atom. The van der Waals surface area contributed by atoms with Crippen LogP contribution in [-0.4, -0.2) is 10.1 Å². The van der Waals surface area contributed by atoms with E-state index in [2.05, 4.69) is 26.0 Å². The van der Waals surface area contributed by atoms with Crippen LogP contribution in [-0.2, 0) is 12.0 Å². The van der Waals surface area contributed by atoms with Crippen molar-refractivity contribution in [3.63, 3.8) is 0 Å². The van der Waals surface area contributed by atoms with Crippen LogP contribution in [0, 0.1) is 0 Å². The second-order valence-electron chi connectivity index (χ2n) is 5.70. The zero-order valence-electron chi connectivity index (χ0n) is 12.0. The van der Waals surface area contributed by atoms with Gasteiger partial charge in [0.1, 0.15) is 0 Å². The lowest BCUT2D eigenvalue weighted by Gasteiger charge is -2.17. The van der Waals surface area contributed by atoms with Crippen molar-refractivity contribution in [2.75, 3.05) is 0 Å². The first-order chi connectivity index (χ1) is 8.88. The van der Waals surface area contributed by atoms with Gasteiger partial charge in [0.2, 0.25) is 0 Å². The Kier molecular flexibility index (Phi) is 4.07. The van der Waals surface area contributed by atoms with Crippen LogP contribution in [0.1, 0.15) is 54.8 Å². The average molecular weight is 275 g/mol. The van der Waals surface area contributed by atoms with Crippen LogP contribution < -0.4 is 0 Å². The smallest absolute Gasteiger partial charge is 0.0976 e. The fraction of sp³-hybridized carbons (Fsp3) is 0.438. The van der Waals surface area contributed by atoms with Gasteiger partial charge in [0.25, 0.3) is 0 Å². The van der Waals surface area contributed by atoms with Crippen molar-refractivity contribution >= 4 is 11.3 Å². The fourth-order valence-electron chi connectivity index (χ4n) is 2.05. The van der Waals surface area contributed by atoms with E-state index in [0.29, 0.717) is 5.92 Å². The van der Waals surface area contributed by atoms with Gasteiger partial charge in [0, 0.05) is 6.42 Å². The highest BCUT2D eigenvalue weighted by molar-refractivity contribution is 7.11. The summed E-state index contributed by atoms with van der Waals surface area (Å²) in [6.45, 7) is 7.91. The standard InChI is InChI=1S/C16H21NOS/c1-11(2)14-15(16(3,4)18)19-13(17-14)10-12-8-6-5-7-9-12/h5-9,11,18H,10H2,1-4H3. The maximum absolute atomic E-state index is 10.3. The van der Waals surface area contributed by atoms with Crippen molar-refractivity contribution in [3.8, 4) is 0 Å². The van der Waals surface area contributed by atoms with E-state index in [0.717, 1.165) is 22.0 Å². The molecule has 2 nitrogen and oxygen atoms in total. The summed E-state index contributed by atoms with van der Waals surface area (Å²) in [6, 6.07) is 10.3. The summed E-state index contributed by atoms with van der Waals surface area (Å²) in [5, 5.41) is 11.3. The van der Waals surface area contributed by atoms with Crippen LogP contribution >= 0.6 is 11.3 Å². The fourth-order valence-corrected chi connectivity index (χ4v) is 3.31. The molecule has 0 saturated carbocycles. The Hall–Kier alpha value is -1.19. The van der Waals surface area contributed by atoms with Crippen LogP contribution in [0.15, 0.2) is 30.3 Å². The van der Waals surface area contributed by atoms with E-state index in [1.165, 1.54) is 5.56 Å². The molecule has 1 N–H and O–H groups in total. The van der Waals surface area contributed by atoms with Crippen LogP contribution in [0.5, 0.6) is 0 Å². The highest BCUT2D eigenvalue weighted by Gasteiger charge is 2.26. The van der Waals surface area contributed by atoms with E-state index in [1.54, 1.807) is 11.3 Å². The Bertz CT molecular complexity index is 538. The lowest BCUT2D eigenvalue weighted by molar-refractivity contribution is 0.0811. The monoisotopic (exact) mass is 275 g/mol. The van der Waals surface area contributed by atoms with Crippen molar-refractivity contribution in [1.82, 2.24) is 4.98 Å². The van der Waals surface area contributed by atoms with Gasteiger partial charge in [-0.15, -0.1) is 11.3 Å². The molecule has 0 aliphatic carbocycles. The van der Waals surface area contributed by atoms with Gasteiger partial charge < -0.3 is 5.11 Å². The van der Waals surface area contributed by atoms with Gasteiger partial charge in [-0.3, -0.25) is 0 Å². The van der Waals surface area contributed by atoms with Gasteiger partial charge in [0.15, 0.2) is 0 Å². The van der Waals surface area contributed by atoms with E-state index in [1.807, 2.05) is 32.0 Å². The molecule has 0 spiro atoms. The molecule has 0 radical (unpaired) electrons. The molecule has 2 rings (SSSR count). The van der Waals surface area contributed by atoms with E-state index in [-0.39, 0.29) is 0 Å². The normalized spacial score (nSPS) is 12.1. The van der Waals surface area contributed by atoms with Crippen molar-refractivity contribution in [1.29, 1.82) is 0 Å². The number of nitrogens with zero attached hydrogens (tertiary/aromatic N) is 1. The first kappa shape index (κ1) is 14.2. The number of thiazole rings is 1. The molecule has 1 aromatic carbocycles. The molecule has 0 aliphatic rings. The largest absolute Gasteiger partial charge is 0.385 e. The number of aromatic nitrogens is 1. The van der Waals surface area contributed by atoms with Gasteiger partial charge in [-0.2, -0.15) is 0 Å². The van der Waals surface area contributed by atoms with Gasteiger partial charge in [0.05, 0.1) is 21.2 Å². The van der Waals surface area contributed by atoms with E-state index < -0.39 is 5.60 Å². The van der Waals surface area contributed by atoms with Crippen molar-refractivity contribution in [2.24, 2.45) is 0 Å². The molecule has 0 saturated heterocycles. The topological polar surface area (TPSA) is 33.1 Å². The highest BCUT2D eigenvalue weighted by atomic mass is 32.1. The molecule has 102 valence electrons. The summed E-state index contributed by atoms with van der Waals surface area (Å²) in [4.78, 5) is 5.72. The summed E-state index contributed by atoms with van der Waals surface area (Å²) in [6.07, 6.45) is 0.835. The lowest BCUT2D eigenvalue weighted by atomic mass is 10.0. The SMILES string of the molecule is CC(C)c1nc(Cc2ccccc2)sc1C(C)(C)O. The average Bonchev–Trinajstić information content (AvgIpc) is 2.74. The van der Waals surface area contributed by atoms with E-state index in [9.17, 15) is 5.11 Å². The zero-order chi connectivity index (χ0) is 14.0. The predicted octanol–water partition coefficient (Wildman–Crippen LogP) is 4.08. The minimum Gasteiger partial charge on any atom is -0.385 e. The molecular formula is C16H21NOS. The quantitative estimate of drug-likeness (QED) is 0.912. The predicted molar refractivity (Wildman–Crippen MR) is 80.7 cm³/mol. The maximum Gasteiger partial charge on any atom is 0.0976 e. The Morgan fingerprint density at radius 3 is 2.32 bits per heavy atom. The number of benzene rings is 1. The molecule has 0 unspecified atom stereocenters. The lowest BCUT2D eigenvalue weighted by Crippen LogP contribution is -2.16. The number of hydrogen-bond acceptors (Lipinski definition) is 3. The van der Waals surface area contributed by atoms with E-state index >= 15 is 0 Å². The third-order valence-corrected chi connectivity index (χ3v) is 4.38. The van der Waals surface area contributed by atoms with Crippen LogP contribution in [0.25, 0.3) is 0 Å². The van der Waals surface area contributed by atoms with Crippen LogP contribution in [0.2, 0.25) is 0 Å². The molecule has 1 heterocycles.